The highest BCUT2D eigenvalue weighted by Crippen LogP contribution is 2.25. The third-order valence-corrected chi connectivity index (χ3v) is 4.57. The Bertz CT molecular complexity index is 1180. The number of fused-ring (bicyclic) bond motifs is 1. The normalized spacial score (nSPS) is 11.2. The van der Waals surface area contributed by atoms with Crippen molar-refractivity contribution in [3.05, 3.63) is 106 Å². The SMILES string of the molecule is O=c1oc2cc(OC/C=C/c3ccccc3)ccc2cc1-c1ccc(Cl)cc1. The number of ether oxygens (including phenoxy) is 1. The van der Waals surface area contributed by atoms with E-state index in [4.69, 9.17) is 20.8 Å². The highest BCUT2D eigenvalue weighted by atomic mass is 35.5. The van der Waals surface area contributed by atoms with Crippen molar-refractivity contribution in [2.24, 2.45) is 0 Å². The van der Waals surface area contributed by atoms with Crippen LogP contribution >= 0.6 is 11.6 Å². The Morgan fingerprint density at radius 1 is 0.929 bits per heavy atom. The molecule has 0 aliphatic heterocycles. The smallest absolute Gasteiger partial charge is 0.344 e. The zero-order valence-electron chi connectivity index (χ0n) is 15.0. The van der Waals surface area contributed by atoms with E-state index in [2.05, 4.69) is 0 Å². The molecule has 3 nitrogen and oxygen atoms in total. The monoisotopic (exact) mass is 388 g/mol. The van der Waals surface area contributed by atoms with Crippen LogP contribution in [-0.4, -0.2) is 6.61 Å². The van der Waals surface area contributed by atoms with Crippen LogP contribution in [0.15, 0.2) is 94.2 Å². The van der Waals surface area contributed by atoms with Gasteiger partial charge in [0.2, 0.25) is 0 Å². The summed E-state index contributed by atoms with van der Waals surface area (Å²) >= 11 is 5.92. The van der Waals surface area contributed by atoms with E-state index >= 15 is 0 Å². The quantitative estimate of drug-likeness (QED) is 0.382. The van der Waals surface area contributed by atoms with E-state index in [-0.39, 0.29) is 0 Å². The van der Waals surface area contributed by atoms with Crippen LogP contribution < -0.4 is 10.4 Å². The lowest BCUT2D eigenvalue weighted by molar-refractivity contribution is 0.363. The van der Waals surface area contributed by atoms with Gasteiger partial charge in [-0.25, -0.2) is 4.79 Å². The fourth-order valence-electron chi connectivity index (χ4n) is 2.90. The van der Waals surface area contributed by atoms with E-state index in [1.165, 1.54) is 0 Å². The van der Waals surface area contributed by atoms with Gasteiger partial charge in [-0.05, 0) is 47.5 Å². The summed E-state index contributed by atoms with van der Waals surface area (Å²) in [5, 5.41) is 1.45. The minimum Gasteiger partial charge on any atom is -0.489 e. The summed E-state index contributed by atoms with van der Waals surface area (Å²) in [5.74, 6) is 0.646. The van der Waals surface area contributed by atoms with Crippen molar-refractivity contribution in [1.29, 1.82) is 0 Å². The van der Waals surface area contributed by atoms with Crippen molar-refractivity contribution >= 4 is 28.6 Å². The van der Waals surface area contributed by atoms with Crippen molar-refractivity contribution < 1.29 is 9.15 Å². The topological polar surface area (TPSA) is 39.4 Å². The van der Waals surface area contributed by atoms with Gasteiger partial charge in [-0.2, -0.15) is 0 Å². The van der Waals surface area contributed by atoms with Crippen LogP contribution in [0, 0.1) is 0 Å². The van der Waals surface area contributed by atoms with Gasteiger partial charge in [-0.15, -0.1) is 0 Å². The van der Waals surface area contributed by atoms with Crippen LogP contribution in [0.4, 0.5) is 0 Å². The minimum atomic E-state index is -0.393. The average molecular weight is 389 g/mol. The summed E-state index contributed by atoms with van der Waals surface area (Å²) in [6, 6.07) is 24.4. The van der Waals surface area contributed by atoms with Gasteiger partial charge in [0.1, 0.15) is 17.9 Å². The van der Waals surface area contributed by atoms with Gasteiger partial charge in [0.15, 0.2) is 0 Å². The number of benzene rings is 3. The molecule has 0 radical (unpaired) electrons. The summed E-state index contributed by atoms with van der Waals surface area (Å²) < 4.78 is 11.2. The van der Waals surface area contributed by atoms with Gasteiger partial charge in [-0.1, -0.05) is 60.1 Å². The first-order valence-electron chi connectivity index (χ1n) is 8.87. The molecule has 0 spiro atoms. The number of hydrogen-bond donors (Lipinski definition) is 0. The molecule has 4 aromatic rings. The van der Waals surface area contributed by atoms with Crippen LogP contribution in [-0.2, 0) is 0 Å². The van der Waals surface area contributed by atoms with Gasteiger partial charge in [0, 0.05) is 16.5 Å². The average Bonchev–Trinajstić information content (AvgIpc) is 2.72. The second kappa shape index (κ2) is 8.15. The predicted molar refractivity (Wildman–Crippen MR) is 114 cm³/mol. The lowest BCUT2D eigenvalue weighted by Crippen LogP contribution is -2.02. The molecule has 4 heteroatoms. The maximum atomic E-state index is 12.4. The summed E-state index contributed by atoms with van der Waals surface area (Å²) in [7, 11) is 0. The molecule has 0 fully saturated rings. The van der Waals surface area contributed by atoms with Crippen molar-refractivity contribution in [3.8, 4) is 16.9 Å². The van der Waals surface area contributed by atoms with E-state index in [0.29, 0.717) is 28.5 Å². The van der Waals surface area contributed by atoms with E-state index < -0.39 is 5.63 Å². The van der Waals surface area contributed by atoms with Gasteiger partial charge >= 0.3 is 5.63 Å². The van der Waals surface area contributed by atoms with E-state index in [1.807, 2.05) is 60.7 Å². The zero-order valence-corrected chi connectivity index (χ0v) is 15.7. The molecular formula is C24H17ClO3. The highest BCUT2D eigenvalue weighted by molar-refractivity contribution is 6.30. The molecule has 0 aliphatic carbocycles. The molecule has 0 bridgehead atoms. The molecule has 0 aliphatic rings. The van der Waals surface area contributed by atoms with E-state index in [0.717, 1.165) is 16.5 Å². The number of halogens is 1. The van der Waals surface area contributed by atoms with Gasteiger partial charge in [-0.3, -0.25) is 0 Å². The maximum absolute atomic E-state index is 12.4. The third kappa shape index (κ3) is 4.16. The van der Waals surface area contributed by atoms with E-state index in [1.54, 1.807) is 30.3 Å². The van der Waals surface area contributed by atoms with Crippen LogP contribution in [0.25, 0.3) is 28.2 Å². The Labute approximate surface area is 167 Å². The molecular weight excluding hydrogens is 372 g/mol. The summed E-state index contributed by atoms with van der Waals surface area (Å²) in [6.45, 7) is 0.424. The molecule has 0 N–H and O–H groups in total. The van der Waals surface area contributed by atoms with Crippen LogP contribution in [0.1, 0.15) is 5.56 Å². The van der Waals surface area contributed by atoms with Crippen molar-refractivity contribution in [2.75, 3.05) is 6.61 Å². The molecule has 1 aromatic heterocycles. The maximum Gasteiger partial charge on any atom is 0.344 e. The fraction of sp³-hybridized carbons (Fsp3) is 0.0417. The second-order valence-corrected chi connectivity index (χ2v) is 6.71. The molecule has 0 amide bonds. The molecule has 0 saturated carbocycles. The number of rotatable bonds is 5. The second-order valence-electron chi connectivity index (χ2n) is 6.28. The Hall–Kier alpha value is -3.30. The largest absolute Gasteiger partial charge is 0.489 e. The zero-order chi connectivity index (χ0) is 19.3. The first kappa shape index (κ1) is 18.1. The fourth-order valence-corrected chi connectivity index (χ4v) is 3.03. The van der Waals surface area contributed by atoms with Crippen LogP contribution in [0.5, 0.6) is 5.75 Å². The Morgan fingerprint density at radius 2 is 1.71 bits per heavy atom. The molecule has 0 saturated heterocycles. The Morgan fingerprint density at radius 3 is 2.50 bits per heavy atom. The van der Waals surface area contributed by atoms with Crippen molar-refractivity contribution in [2.45, 2.75) is 0 Å². The van der Waals surface area contributed by atoms with Gasteiger partial charge < -0.3 is 9.15 Å². The predicted octanol–water partition coefficient (Wildman–Crippen LogP) is 6.21. The van der Waals surface area contributed by atoms with Crippen LogP contribution in [0.2, 0.25) is 5.02 Å². The Balaban J connectivity index is 1.53. The molecule has 28 heavy (non-hydrogen) atoms. The first-order chi connectivity index (χ1) is 13.7. The first-order valence-corrected chi connectivity index (χ1v) is 9.25. The number of hydrogen-bond acceptors (Lipinski definition) is 3. The summed E-state index contributed by atoms with van der Waals surface area (Å²) in [5.41, 5.74) is 2.49. The molecule has 3 aromatic carbocycles. The minimum absolute atomic E-state index is 0.393. The van der Waals surface area contributed by atoms with Gasteiger partial charge in [0.05, 0.1) is 5.56 Å². The standard InChI is InChI=1S/C24H17ClO3/c25-20-11-8-18(9-12-20)22-15-19-10-13-21(16-23(19)28-24(22)26)27-14-4-7-17-5-2-1-3-6-17/h1-13,15-16H,14H2/b7-4+. The lowest BCUT2D eigenvalue weighted by atomic mass is 10.1. The molecule has 0 atom stereocenters. The Kier molecular flexibility index (Phi) is 5.27. The van der Waals surface area contributed by atoms with Crippen LogP contribution in [0.3, 0.4) is 0 Å². The van der Waals surface area contributed by atoms with Crippen molar-refractivity contribution in [1.82, 2.24) is 0 Å². The summed E-state index contributed by atoms with van der Waals surface area (Å²) in [4.78, 5) is 12.4. The third-order valence-electron chi connectivity index (χ3n) is 4.32. The lowest BCUT2D eigenvalue weighted by Gasteiger charge is -2.06. The van der Waals surface area contributed by atoms with Gasteiger partial charge in [0.25, 0.3) is 0 Å². The molecule has 1 heterocycles. The molecule has 0 unspecified atom stereocenters. The highest BCUT2D eigenvalue weighted by Gasteiger charge is 2.08. The molecule has 4 rings (SSSR count). The summed E-state index contributed by atoms with van der Waals surface area (Å²) in [6.07, 6.45) is 3.94. The molecule has 138 valence electrons. The van der Waals surface area contributed by atoms with E-state index in [9.17, 15) is 4.79 Å². The van der Waals surface area contributed by atoms with Crippen molar-refractivity contribution in [3.63, 3.8) is 0 Å².